The highest BCUT2D eigenvalue weighted by molar-refractivity contribution is 6.35. The quantitative estimate of drug-likeness (QED) is 0.293. The topological polar surface area (TPSA) is 20.3 Å². The molecule has 0 aliphatic rings. The number of Topliss-reactive ketones (excluding diaryl/α,β-unsaturated/α-hetero) is 1. The van der Waals surface area contributed by atoms with Crippen molar-refractivity contribution in [2.24, 2.45) is 0 Å². The van der Waals surface area contributed by atoms with Crippen molar-refractivity contribution in [3.8, 4) is 0 Å². The third-order valence-electron chi connectivity index (χ3n) is 4.36. The van der Waals surface area contributed by atoms with Crippen molar-refractivity contribution < 1.29 is 4.79 Å². The van der Waals surface area contributed by atoms with Gasteiger partial charge in [-0.25, -0.2) is 0 Å². The molecule has 0 saturated heterocycles. The first-order chi connectivity index (χ1) is 13.5. The Balaban J connectivity index is 0.00000300. The maximum absolute atomic E-state index is 13.2. The average molecular weight is 447 g/mol. The van der Waals surface area contributed by atoms with Crippen LogP contribution in [-0.4, -0.2) is 24.3 Å². The second-order valence-corrected chi connectivity index (χ2v) is 7.53. The molecule has 0 aromatic heterocycles. The fourth-order valence-electron chi connectivity index (χ4n) is 3.01. The Morgan fingerprint density at radius 1 is 0.931 bits per heavy atom. The smallest absolute Gasteiger partial charge is 0.190 e. The minimum atomic E-state index is -0.00784. The molecule has 0 aliphatic heterocycles. The number of carbonyl (C=O) groups excluding carboxylic acids is 1. The zero-order valence-corrected chi connectivity index (χ0v) is 18.3. The maximum Gasteiger partial charge on any atom is 0.190 e. The number of benzene rings is 3. The first-order valence-corrected chi connectivity index (χ1v) is 9.76. The van der Waals surface area contributed by atoms with Gasteiger partial charge in [0, 0.05) is 34.3 Å². The number of carbonyl (C=O) groups is 1. The van der Waals surface area contributed by atoms with Gasteiger partial charge in [0.25, 0.3) is 0 Å². The largest absolute Gasteiger partial charge is 0.298 e. The van der Waals surface area contributed by atoms with E-state index in [1.165, 1.54) is 5.56 Å². The van der Waals surface area contributed by atoms with Crippen LogP contribution in [0.2, 0.25) is 10.0 Å². The number of halogens is 3. The van der Waals surface area contributed by atoms with Gasteiger partial charge in [-0.1, -0.05) is 89.9 Å². The van der Waals surface area contributed by atoms with E-state index in [4.69, 9.17) is 23.2 Å². The van der Waals surface area contributed by atoms with E-state index >= 15 is 0 Å². The number of hydrogen-bond acceptors (Lipinski definition) is 2. The highest BCUT2D eigenvalue weighted by atomic mass is 35.5. The molecular formula is C24H22Cl3NO. The summed E-state index contributed by atoms with van der Waals surface area (Å²) in [6.07, 6.45) is 1.86. The van der Waals surface area contributed by atoms with Gasteiger partial charge in [0.05, 0.1) is 0 Å². The molecule has 2 nitrogen and oxygen atoms in total. The lowest BCUT2D eigenvalue weighted by Crippen LogP contribution is -2.24. The van der Waals surface area contributed by atoms with Gasteiger partial charge < -0.3 is 0 Å². The van der Waals surface area contributed by atoms with Crippen LogP contribution in [0.25, 0.3) is 6.08 Å². The SMILES string of the molecule is CN(C/C(=C\c1ccc(Cl)cc1Cl)C(=O)c1ccccc1)Cc1ccccc1.Cl. The molecule has 0 N–H and O–H groups in total. The zero-order chi connectivity index (χ0) is 19.9. The molecule has 0 radical (unpaired) electrons. The molecule has 0 aliphatic carbocycles. The lowest BCUT2D eigenvalue weighted by atomic mass is 10.00. The van der Waals surface area contributed by atoms with E-state index in [1.807, 2.05) is 67.7 Å². The van der Waals surface area contributed by atoms with Crippen molar-refractivity contribution in [1.82, 2.24) is 4.90 Å². The lowest BCUT2D eigenvalue weighted by Gasteiger charge is -2.19. The minimum absolute atomic E-state index is 0. The highest BCUT2D eigenvalue weighted by Gasteiger charge is 2.15. The Labute approximate surface area is 188 Å². The number of ketones is 1. The Morgan fingerprint density at radius 2 is 1.55 bits per heavy atom. The van der Waals surface area contributed by atoms with Crippen LogP contribution in [0.4, 0.5) is 0 Å². The van der Waals surface area contributed by atoms with Crippen LogP contribution in [0.1, 0.15) is 21.5 Å². The molecule has 0 fully saturated rings. The molecule has 0 saturated carbocycles. The van der Waals surface area contributed by atoms with E-state index in [9.17, 15) is 4.79 Å². The molecule has 3 rings (SSSR count). The Bertz CT molecular complexity index is 972. The predicted octanol–water partition coefficient (Wildman–Crippen LogP) is 6.81. The Kier molecular flexibility index (Phi) is 8.94. The number of rotatable bonds is 7. The van der Waals surface area contributed by atoms with Crippen LogP contribution < -0.4 is 0 Å². The predicted molar refractivity (Wildman–Crippen MR) is 125 cm³/mol. The number of likely N-dealkylation sites (N-methyl/N-ethyl adjacent to an activating group) is 1. The molecule has 3 aromatic carbocycles. The monoisotopic (exact) mass is 445 g/mol. The summed E-state index contributed by atoms with van der Waals surface area (Å²) in [6.45, 7) is 1.25. The molecule has 0 bridgehead atoms. The van der Waals surface area contributed by atoms with Gasteiger partial charge in [-0.05, 0) is 36.4 Å². The van der Waals surface area contributed by atoms with Crippen LogP contribution in [0, 0.1) is 0 Å². The van der Waals surface area contributed by atoms with E-state index in [0.717, 1.165) is 12.1 Å². The summed E-state index contributed by atoms with van der Waals surface area (Å²) >= 11 is 12.3. The van der Waals surface area contributed by atoms with Gasteiger partial charge in [0.2, 0.25) is 0 Å². The molecule has 0 heterocycles. The molecule has 0 amide bonds. The van der Waals surface area contributed by atoms with E-state index in [2.05, 4.69) is 17.0 Å². The summed E-state index contributed by atoms with van der Waals surface area (Å²) in [7, 11) is 2.00. The summed E-state index contributed by atoms with van der Waals surface area (Å²) in [5.41, 5.74) is 3.31. The van der Waals surface area contributed by atoms with Crippen LogP contribution in [0.3, 0.4) is 0 Å². The Hall–Kier alpha value is -2.10. The Morgan fingerprint density at radius 3 is 2.17 bits per heavy atom. The summed E-state index contributed by atoms with van der Waals surface area (Å²) in [5.74, 6) is -0.00784. The van der Waals surface area contributed by atoms with Gasteiger partial charge in [0.15, 0.2) is 5.78 Å². The van der Waals surface area contributed by atoms with Gasteiger partial charge in [-0.3, -0.25) is 9.69 Å². The molecule has 0 atom stereocenters. The van der Waals surface area contributed by atoms with Crippen molar-refractivity contribution >= 4 is 47.5 Å². The molecule has 29 heavy (non-hydrogen) atoms. The van der Waals surface area contributed by atoms with Crippen molar-refractivity contribution in [3.63, 3.8) is 0 Å². The van der Waals surface area contributed by atoms with E-state index < -0.39 is 0 Å². The lowest BCUT2D eigenvalue weighted by molar-refractivity contribution is 0.102. The molecular weight excluding hydrogens is 425 g/mol. The van der Waals surface area contributed by atoms with Crippen molar-refractivity contribution in [3.05, 3.63) is 111 Å². The average Bonchev–Trinajstić information content (AvgIpc) is 2.70. The fraction of sp³-hybridized carbons (Fsp3) is 0.125. The number of nitrogens with zero attached hydrogens (tertiary/aromatic N) is 1. The highest BCUT2D eigenvalue weighted by Crippen LogP contribution is 2.24. The normalized spacial score (nSPS) is 11.2. The summed E-state index contributed by atoms with van der Waals surface area (Å²) < 4.78 is 0. The summed E-state index contributed by atoms with van der Waals surface area (Å²) in [5, 5.41) is 1.09. The van der Waals surface area contributed by atoms with Gasteiger partial charge in [-0.2, -0.15) is 0 Å². The first-order valence-electron chi connectivity index (χ1n) is 9.01. The van der Waals surface area contributed by atoms with Crippen LogP contribution in [-0.2, 0) is 6.54 Å². The van der Waals surface area contributed by atoms with Crippen LogP contribution >= 0.6 is 35.6 Å². The van der Waals surface area contributed by atoms with Crippen molar-refractivity contribution in [1.29, 1.82) is 0 Å². The first kappa shape index (κ1) is 23.2. The van der Waals surface area contributed by atoms with Crippen LogP contribution in [0.5, 0.6) is 0 Å². The summed E-state index contributed by atoms with van der Waals surface area (Å²) in [4.78, 5) is 15.3. The standard InChI is InChI=1S/C24H21Cl2NO.ClH/c1-27(16-18-8-4-2-5-9-18)17-21(24(28)19-10-6-3-7-11-19)14-20-12-13-22(25)15-23(20)26;/h2-15H,16-17H2,1H3;1H/b21-14+;. The maximum atomic E-state index is 13.2. The number of hydrogen-bond donors (Lipinski definition) is 0. The molecule has 5 heteroatoms. The van der Waals surface area contributed by atoms with Crippen molar-refractivity contribution in [2.45, 2.75) is 6.54 Å². The minimum Gasteiger partial charge on any atom is -0.298 e. The molecule has 0 spiro atoms. The van der Waals surface area contributed by atoms with Crippen LogP contribution in [0.15, 0.2) is 84.4 Å². The third kappa shape index (κ3) is 6.73. The van der Waals surface area contributed by atoms with Crippen molar-refractivity contribution in [2.75, 3.05) is 13.6 Å². The summed E-state index contributed by atoms with van der Waals surface area (Å²) in [6, 6.07) is 24.8. The van der Waals surface area contributed by atoms with E-state index in [1.54, 1.807) is 12.1 Å². The van der Waals surface area contributed by atoms with Gasteiger partial charge in [0.1, 0.15) is 0 Å². The zero-order valence-electron chi connectivity index (χ0n) is 16.0. The molecule has 150 valence electrons. The second kappa shape index (κ2) is 11.2. The third-order valence-corrected chi connectivity index (χ3v) is 4.92. The molecule has 0 unspecified atom stereocenters. The van der Waals surface area contributed by atoms with E-state index in [0.29, 0.717) is 27.7 Å². The second-order valence-electron chi connectivity index (χ2n) is 6.69. The van der Waals surface area contributed by atoms with E-state index in [-0.39, 0.29) is 18.2 Å². The molecule has 3 aromatic rings. The van der Waals surface area contributed by atoms with Gasteiger partial charge >= 0.3 is 0 Å². The van der Waals surface area contributed by atoms with Gasteiger partial charge in [-0.15, -0.1) is 12.4 Å². The fourth-order valence-corrected chi connectivity index (χ4v) is 3.47.